The van der Waals surface area contributed by atoms with Crippen molar-refractivity contribution >= 4 is 11.9 Å². The third-order valence-electron chi connectivity index (χ3n) is 12.8. The molecule has 2 atom stereocenters. The van der Waals surface area contributed by atoms with Crippen LogP contribution < -0.4 is 5.32 Å². The standard InChI is InChI=1S/C59H109NO5/c1-3-5-7-9-11-13-15-17-18-19-21-24-28-31-35-39-43-47-51-57(62)56(55-61)60-58(63)52-48-44-40-36-32-29-25-22-20-23-26-30-34-38-42-46-50-54-65-59(64)53-49-45-41-37-33-27-16-14-12-10-8-6-4-2/h14,16,20,23,30,34,47,51,56-57,61-62H,3-13,15,17-19,21-22,24-29,31-33,35-46,48-50,52-55H2,1-2H3,(H,60,63)/b16-14-,23-20-,34-30-,51-47+. The average molecular weight is 913 g/mol. The first-order valence-electron chi connectivity index (χ1n) is 28.4. The smallest absolute Gasteiger partial charge is 0.305 e. The number of carbonyl (C=O) groups is 2. The molecule has 0 aromatic carbocycles. The van der Waals surface area contributed by atoms with E-state index < -0.39 is 12.1 Å². The van der Waals surface area contributed by atoms with Crippen LogP contribution in [0.1, 0.15) is 290 Å². The van der Waals surface area contributed by atoms with Gasteiger partial charge in [-0.1, -0.05) is 229 Å². The van der Waals surface area contributed by atoms with Gasteiger partial charge in [-0.2, -0.15) is 0 Å². The number of rotatable bonds is 52. The molecule has 0 aromatic heterocycles. The molecule has 0 saturated carbocycles. The molecule has 0 aromatic rings. The molecule has 0 heterocycles. The maximum absolute atomic E-state index is 12.5. The molecule has 0 bridgehead atoms. The number of allylic oxidation sites excluding steroid dienone is 7. The van der Waals surface area contributed by atoms with E-state index in [-0.39, 0.29) is 18.5 Å². The van der Waals surface area contributed by atoms with E-state index in [1.165, 1.54) is 180 Å². The number of unbranched alkanes of at least 4 members (excludes halogenated alkanes) is 35. The van der Waals surface area contributed by atoms with Gasteiger partial charge in [-0.15, -0.1) is 0 Å². The number of aliphatic hydroxyl groups excluding tert-OH is 2. The molecule has 6 heteroatoms. The van der Waals surface area contributed by atoms with E-state index in [1.807, 2.05) is 6.08 Å². The molecule has 0 aliphatic rings. The Hall–Kier alpha value is -2.18. The molecule has 3 N–H and O–H groups in total. The van der Waals surface area contributed by atoms with E-state index in [0.717, 1.165) is 83.5 Å². The summed E-state index contributed by atoms with van der Waals surface area (Å²) in [6.45, 7) is 4.84. The van der Waals surface area contributed by atoms with Crippen molar-refractivity contribution in [1.82, 2.24) is 5.32 Å². The molecule has 6 nitrogen and oxygen atoms in total. The largest absolute Gasteiger partial charge is 0.466 e. The zero-order valence-corrected chi connectivity index (χ0v) is 43.2. The van der Waals surface area contributed by atoms with Crippen LogP contribution in [0.3, 0.4) is 0 Å². The van der Waals surface area contributed by atoms with Gasteiger partial charge >= 0.3 is 5.97 Å². The third-order valence-corrected chi connectivity index (χ3v) is 12.8. The number of aliphatic hydroxyl groups is 2. The monoisotopic (exact) mass is 912 g/mol. The molecule has 65 heavy (non-hydrogen) atoms. The normalized spacial score (nSPS) is 13.0. The average Bonchev–Trinajstić information content (AvgIpc) is 3.31. The second-order valence-corrected chi connectivity index (χ2v) is 19.3. The van der Waals surface area contributed by atoms with Crippen LogP contribution in [0.2, 0.25) is 0 Å². The van der Waals surface area contributed by atoms with E-state index in [4.69, 9.17) is 4.74 Å². The molecule has 0 rings (SSSR count). The lowest BCUT2D eigenvalue weighted by Gasteiger charge is -2.20. The van der Waals surface area contributed by atoms with Gasteiger partial charge in [0.05, 0.1) is 25.4 Å². The second kappa shape index (κ2) is 54.4. The number of hydrogen-bond donors (Lipinski definition) is 3. The minimum absolute atomic E-state index is 0.0262. The van der Waals surface area contributed by atoms with E-state index in [1.54, 1.807) is 6.08 Å². The van der Waals surface area contributed by atoms with Crippen molar-refractivity contribution in [3.63, 3.8) is 0 Å². The van der Waals surface area contributed by atoms with E-state index in [2.05, 4.69) is 55.6 Å². The molecule has 2 unspecified atom stereocenters. The summed E-state index contributed by atoms with van der Waals surface area (Å²) in [5.74, 6) is -0.110. The molecular weight excluding hydrogens is 803 g/mol. The van der Waals surface area contributed by atoms with Crippen LogP contribution in [-0.2, 0) is 14.3 Å². The number of ether oxygens (including phenoxy) is 1. The van der Waals surface area contributed by atoms with E-state index in [9.17, 15) is 19.8 Å². The topological polar surface area (TPSA) is 95.9 Å². The summed E-state index contributed by atoms with van der Waals surface area (Å²) in [5, 5.41) is 23.1. The predicted molar refractivity (Wildman–Crippen MR) is 282 cm³/mol. The zero-order valence-electron chi connectivity index (χ0n) is 43.2. The van der Waals surface area contributed by atoms with E-state index in [0.29, 0.717) is 19.4 Å². The molecular formula is C59H109NO5. The first kappa shape index (κ1) is 62.8. The Morgan fingerprint density at radius 3 is 1.20 bits per heavy atom. The molecule has 0 saturated heterocycles. The zero-order chi connectivity index (χ0) is 47.2. The van der Waals surface area contributed by atoms with Crippen LogP contribution in [-0.4, -0.2) is 47.4 Å². The molecule has 380 valence electrons. The Morgan fingerprint density at radius 2 is 0.769 bits per heavy atom. The van der Waals surface area contributed by atoms with Gasteiger partial charge in [0.1, 0.15) is 0 Å². The van der Waals surface area contributed by atoms with Crippen molar-refractivity contribution in [1.29, 1.82) is 0 Å². The fourth-order valence-electron chi connectivity index (χ4n) is 8.42. The summed E-state index contributed by atoms with van der Waals surface area (Å²) in [5.41, 5.74) is 0. The lowest BCUT2D eigenvalue weighted by molar-refractivity contribution is -0.143. The van der Waals surface area contributed by atoms with Gasteiger partial charge in [-0.25, -0.2) is 0 Å². The highest BCUT2D eigenvalue weighted by Crippen LogP contribution is 2.16. The van der Waals surface area contributed by atoms with Crippen LogP contribution >= 0.6 is 0 Å². The van der Waals surface area contributed by atoms with Crippen molar-refractivity contribution in [2.75, 3.05) is 13.2 Å². The van der Waals surface area contributed by atoms with Crippen LogP contribution in [0.4, 0.5) is 0 Å². The molecule has 0 fully saturated rings. The number of nitrogens with one attached hydrogen (secondary N) is 1. The Morgan fingerprint density at radius 1 is 0.431 bits per heavy atom. The Balaban J connectivity index is 3.55. The van der Waals surface area contributed by atoms with Gasteiger partial charge < -0.3 is 20.3 Å². The van der Waals surface area contributed by atoms with Gasteiger partial charge in [-0.05, 0) is 96.3 Å². The third kappa shape index (κ3) is 51.1. The van der Waals surface area contributed by atoms with Gasteiger partial charge in [-0.3, -0.25) is 9.59 Å². The van der Waals surface area contributed by atoms with Crippen LogP contribution in [0.25, 0.3) is 0 Å². The first-order valence-corrected chi connectivity index (χ1v) is 28.4. The van der Waals surface area contributed by atoms with E-state index >= 15 is 0 Å². The molecule has 0 radical (unpaired) electrons. The number of amides is 1. The lowest BCUT2D eigenvalue weighted by Crippen LogP contribution is -2.45. The Labute approximate surface area is 404 Å². The minimum atomic E-state index is -0.856. The minimum Gasteiger partial charge on any atom is -0.466 e. The number of carbonyl (C=O) groups excluding carboxylic acids is 2. The summed E-state index contributed by atoms with van der Waals surface area (Å²) >= 11 is 0. The van der Waals surface area contributed by atoms with Gasteiger partial charge in [0.25, 0.3) is 0 Å². The summed E-state index contributed by atoms with van der Waals surface area (Å²) < 4.78 is 5.44. The highest BCUT2D eigenvalue weighted by Gasteiger charge is 2.18. The van der Waals surface area contributed by atoms with Gasteiger partial charge in [0.2, 0.25) is 5.91 Å². The molecule has 1 amide bonds. The summed E-state index contributed by atoms with van der Waals surface area (Å²) in [4.78, 5) is 24.5. The van der Waals surface area contributed by atoms with Crippen molar-refractivity contribution < 1.29 is 24.5 Å². The first-order chi connectivity index (χ1) is 32.0. The predicted octanol–water partition coefficient (Wildman–Crippen LogP) is 17.4. The number of hydrogen-bond acceptors (Lipinski definition) is 5. The Bertz CT molecular complexity index is 1100. The SMILES string of the molecule is CCCCCC/C=C\CCCCCCCC(=O)OCCCCC/C=C\C/C=C\CCCCCCCCCC(=O)NC(CO)C(O)/C=C/CCCCCCCCCCCCCCCCCC. The fraction of sp³-hybridized carbons (Fsp3) is 0.831. The quantitative estimate of drug-likeness (QED) is 0.0321. The van der Waals surface area contributed by atoms with Crippen molar-refractivity contribution in [2.24, 2.45) is 0 Å². The summed E-state index contributed by atoms with van der Waals surface area (Å²) in [6, 6.07) is -0.641. The molecule has 0 aliphatic heterocycles. The number of esters is 1. The highest BCUT2D eigenvalue weighted by atomic mass is 16.5. The van der Waals surface area contributed by atoms with Crippen LogP contribution in [0, 0.1) is 0 Å². The van der Waals surface area contributed by atoms with Crippen LogP contribution in [0.5, 0.6) is 0 Å². The summed E-state index contributed by atoms with van der Waals surface area (Å²) in [6.07, 6.45) is 68.4. The highest BCUT2D eigenvalue weighted by molar-refractivity contribution is 5.76. The lowest BCUT2D eigenvalue weighted by atomic mass is 10.0. The van der Waals surface area contributed by atoms with Crippen molar-refractivity contribution in [2.45, 2.75) is 302 Å². The molecule has 0 aliphatic carbocycles. The van der Waals surface area contributed by atoms with Crippen LogP contribution in [0.15, 0.2) is 48.6 Å². The van der Waals surface area contributed by atoms with Crippen molar-refractivity contribution in [3.05, 3.63) is 48.6 Å². The van der Waals surface area contributed by atoms with Gasteiger partial charge in [0.15, 0.2) is 0 Å². The maximum Gasteiger partial charge on any atom is 0.305 e. The van der Waals surface area contributed by atoms with Crippen molar-refractivity contribution in [3.8, 4) is 0 Å². The second-order valence-electron chi connectivity index (χ2n) is 19.3. The molecule has 0 spiro atoms. The Kier molecular flexibility index (Phi) is 52.6. The van der Waals surface area contributed by atoms with Gasteiger partial charge in [0, 0.05) is 12.8 Å². The summed E-state index contributed by atoms with van der Waals surface area (Å²) in [7, 11) is 0. The fourth-order valence-corrected chi connectivity index (χ4v) is 8.42. The maximum atomic E-state index is 12.5.